The molecule has 2 aromatic carbocycles. The molecule has 1 fully saturated rings. The van der Waals surface area contributed by atoms with Crippen LogP contribution >= 0.6 is 11.6 Å². The fourth-order valence-corrected chi connectivity index (χ4v) is 2.81. The second kappa shape index (κ2) is 8.66. The highest BCUT2D eigenvalue weighted by molar-refractivity contribution is 6.39. The molecule has 0 bridgehead atoms. The largest absolute Gasteiger partial charge is 0.493 e. The van der Waals surface area contributed by atoms with Crippen molar-refractivity contribution in [2.24, 2.45) is 0 Å². The Hall–Kier alpha value is -3.85. The van der Waals surface area contributed by atoms with Crippen LogP contribution in [-0.2, 0) is 14.4 Å². The first-order chi connectivity index (χ1) is 14.3. The van der Waals surface area contributed by atoms with Crippen LogP contribution in [0.1, 0.15) is 5.56 Å². The van der Waals surface area contributed by atoms with Crippen LogP contribution in [0.25, 0.3) is 6.08 Å². The van der Waals surface area contributed by atoms with Crippen LogP contribution in [0, 0.1) is 0 Å². The van der Waals surface area contributed by atoms with Crippen LogP contribution in [0.5, 0.6) is 11.5 Å². The predicted octanol–water partition coefficient (Wildman–Crippen LogP) is 2.48. The Morgan fingerprint density at radius 2 is 1.83 bits per heavy atom. The van der Waals surface area contributed by atoms with E-state index in [1.165, 1.54) is 55.7 Å². The smallest absolute Gasteiger partial charge is 0.341 e. The summed E-state index contributed by atoms with van der Waals surface area (Å²) in [6, 6.07) is 9.52. The van der Waals surface area contributed by atoms with Crippen LogP contribution in [0.4, 0.5) is 10.5 Å². The highest BCUT2D eigenvalue weighted by atomic mass is 35.5. The SMILES string of the molecule is COc1cc(/C=C2\C(=O)NC(=O)N(c3ccc(Cl)cc3)C2=O)ccc1OCC(=O)O. The zero-order valence-electron chi connectivity index (χ0n) is 15.5. The Bertz CT molecular complexity index is 1060. The van der Waals surface area contributed by atoms with E-state index in [2.05, 4.69) is 5.32 Å². The van der Waals surface area contributed by atoms with E-state index in [0.717, 1.165) is 4.90 Å². The number of benzene rings is 2. The molecule has 9 nitrogen and oxygen atoms in total. The van der Waals surface area contributed by atoms with Gasteiger partial charge < -0.3 is 14.6 Å². The average Bonchev–Trinajstić information content (AvgIpc) is 2.71. The third-order valence-electron chi connectivity index (χ3n) is 4.04. The van der Waals surface area contributed by atoms with E-state index in [-0.39, 0.29) is 22.8 Å². The van der Waals surface area contributed by atoms with Gasteiger partial charge >= 0.3 is 12.0 Å². The van der Waals surface area contributed by atoms with Gasteiger partial charge in [0.25, 0.3) is 11.8 Å². The molecule has 30 heavy (non-hydrogen) atoms. The Morgan fingerprint density at radius 3 is 2.47 bits per heavy atom. The minimum absolute atomic E-state index is 0.180. The molecule has 0 atom stereocenters. The van der Waals surface area contributed by atoms with Gasteiger partial charge in [0.2, 0.25) is 0 Å². The lowest BCUT2D eigenvalue weighted by Crippen LogP contribution is -2.54. The lowest BCUT2D eigenvalue weighted by Gasteiger charge is -2.26. The lowest BCUT2D eigenvalue weighted by molar-refractivity contribution is -0.139. The van der Waals surface area contributed by atoms with E-state index in [9.17, 15) is 19.2 Å². The molecule has 0 spiro atoms. The van der Waals surface area contributed by atoms with Crippen molar-refractivity contribution in [3.8, 4) is 11.5 Å². The number of rotatable bonds is 6. The Balaban J connectivity index is 1.94. The molecule has 2 aromatic rings. The summed E-state index contributed by atoms with van der Waals surface area (Å²) >= 11 is 5.84. The third-order valence-corrected chi connectivity index (χ3v) is 4.29. The van der Waals surface area contributed by atoms with Crippen molar-refractivity contribution < 1.29 is 33.8 Å². The quantitative estimate of drug-likeness (QED) is 0.533. The summed E-state index contributed by atoms with van der Waals surface area (Å²) in [5, 5.41) is 11.3. The molecule has 2 N–H and O–H groups in total. The van der Waals surface area contributed by atoms with E-state index in [1.54, 1.807) is 0 Å². The van der Waals surface area contributed by atoms with E-state index in [0.29, 0.717) is 10.6 Å². The maximum Gasteiger partial charge on any atom is 0.341 e. The minimum Gasteiger partial charge on any atom is -0.493 e. The summed E-state index contributed by atoms with van der Waals surface area (Å²) < 4.78 is 10.3. The number of amides is 4. The number of nitrogens with one attached hydrogen (secondary N) is 1. The number of urea groups is 1. The Morgan fingerprint density at radius 1 is 1.13 bits per heavy atom. The average molecular weight is 431 g/mol. The van der Waals surface area contributed by atoms with Gasteiger partial charge in [0.15, 0.2) is 18.1 Å². The van der Waals surface area contributed by atoms with Crippen LogP contribution in [0.15, 0.2) is 48.0 Å². The topological polar surface area (TPSA) is 122 Å². The summed E-state index contributed by atoms with van der Waals surface area (Å²) in [5.74, 6) is -2.42. The van der Waals surface area contributed by atoms with Gasteiger partial charge in [-0.15, -0.1) is 0 Å². The van der Waals surface area contributed by atoms with Gasteiger partial charge in [-0.3, -0.25) is 14.9 Å². The van der Waals surface area contributed by atoms with E-state index >= 15 is 0 Å². The van der Waals surface area contributed by atoms with Gasteiger partial charge in [0.1, 0.15) is 5.57 Å². The number of anilines is 1. The van der Waals surface area contributed by atoms with Crippen LogP contribution in [-0.4, -0.2) is 42.6 Å². The molecule has 1 aliphatic heterocycles. The number of barbiturate groups is 1. The molecule has 1 aliphatic rings. The summed E-state index contributed by atoms with van der Waals surface area (Å²) in [6.07, 6.45) is 1.29. The van der Waals surface area contributed by atoms with Crippen molar-refractivity contribution in [3.05, 3.63) is 58.6 Å². The molecule has 0 aliphatic carbocycles. The van der Waals surface area contributed by atoms with Crippen molar-refractivity contribution in [3.63, 3.8) is 0 Å². The first-order valence-electron chi connectivity index (χ1n) is 8.50. The number of halogens is 1. The summed E-state index contributed by atoms with van der Waals surface area (Å²) in [4.78, 5) is 48.8. The standard InChI is InChI=1S/C20H15ClN2O7/c1-29-16-9-11(2-7-15(16)30-10-17(24)25)8-14-18(26)22-20(28)23(19(14)27)13-5-3-12(21)4-6-13/h2-9H,10H2,1H3,(H,24,25)(H,22,26,28)/b14-8+. The number of aliphatic carboxylic acids is 1. The van der Waals surface area contributed by atoms with Gasteiger partial charge in [-0.2, -0.15) is 0 Å². The lowest BCUT2D eigenvalue weighted by atomic mass is 10.1. The molecule has 154 valence electrons. The molecule has 1 saturated heterocycles. The first kappa shape index (κ1) is 20.9. The molecule has 0 aromatic heterocycles. The van der Waals surface area contributed by atoms with Crippen LogP contribution < -0.4 is 19.7 Å². The van der Waals surface area contributed by atoms with Crippen LogP contribution in [0.3, 0.4) is 0 Å². The monoisotopic (exact) mass is 430 g/mol. The van der Waals surface area contributed by atoms with Crippen molar-refractivity contribution in [1.82, 2.24) is 5.32 Å². The number of hydrogen-bond donors (Lipinski definition) is 2. The Kier molecular flexibility index (Phi) is 6.03. The number of carbonyl (C=O) groups is 4. The molecular weight excluding hydrogens is 416 g/mol. The van der Waals surface area contributed by atoms with Gasteiger partial charge in [-0.1, -0.05) is 17.7 Å². The van der Waals surface area contributed by atoms with E-state index in [1.807, 2.05) is 0 Å². The van der Waals surface area contributed by atoms with Crippen molar-refractivity contribution in [2.45, 2.75) is 0 Å². The number of hydrogen-bond acceptors (Lipinski definition) is 6. The molecule has 4 amide bonds. The number of carboxylic acid groups (broad SMARTS) is 1. The first-order valence-corrected chi connectivity index (χ1v) is 8.87. The fourth-order valence-electron chi connectivity index (χ4n) is 2.68. The van der Waals surface area contributed by atoms with Crippen molar-refractivity contribution in [1.29, 1.82) is 0 Å². The zero-order chi connectivity index (χ0) is 21.8. The highest BCUT2D eigenvalue weighted by Crippen LogP contribution is 2.30. The van der Waals surface area contributed by atoms with E-state index in [4.69, 9.17) is 26.2 Å². The minimum atomic E-state index is -1.15. The van der Waals surface area contributed by atoms with Gasteiger partial charge in [-0.25, -0.2) is 14.5 Å². The van der Waals surface area contributed by atoms with Gasteiger partial charge in [0, 0.05) is 5.02 Å². The molecule has 0 unspecified atom stereocenters. The highest BCUT2D eigenvalue weighted by Gasteiger charge is 2.36. The summed E-state index contributed by atoms with van der Waals surface area (Å²) in [5.41, 5.74) is 0.375. The number of imide groups is 2. The van der Waals surface area contributed by atoms with Gasteiger partial charge in [0.05, 0.1) is 12.8 Å². The molecule has 10 heteroatoms. The number of nitrogens with zero attached hydrogens (tertiary/aromatic N) is 1. The third kappa shape index (κ3) is 4.41. The van der Waals surface area contributed by atoms with Crippen molar-refractivity contribution in [2.75, 3.05) is 18.6 Å². The summed E-state index contributed by atoms with van der Waals surface area (Å²) in [7, 11) is 1.36. The number of methoxy groups -OCH3 is 1. The molecule has 0 saturated carbocycles. The zero-order valence-corrected chi connectivity index (χ0v) is 16.3. The van der Waals surface area contributed by atoms with E-state index < -0.39 is 30.4 Å². The predicted molar refractivity (Wildman–Crippen MR) is 107 cm³/mol. The summed E-state index contributed by atoms with van der Waals surface area (Å²) in [6.45, 7) is -0.560. The maximum atomic E-state index is 12.9. The normalized spacial score (nSPS) is 15.2. The molecule has 0 radical (unpaired) electrons. The van der Waals surface area contributed by atoms with Crippen molar-refractivity contribution >= 4 is 47.2 Å². The number of carbonyl (C=O) groups excluding carboxylic acids is 3. The molecule has 3 rings (SSSR count). The number of carboxylic acids is 1. The molecular formula is C20H15ClN2O7. The van der Waals surface area contributed by atoms with Gasteiger partial charge in [-0.05, 0) is 48.0 Å². The van der Waals surface area contributed by atoms with Crippen LogP contribution in [0.2, 0.25) is 5.02 Å². The maximum absolute atomic E-state index is 12.9. The number of ether oxygens (including phenoxy) is 2. The molecule has 1 heterocycles. The second-order valence-corrected chi connectivity index (χ2v) is 6.46. The fraction of sp³-hybridized carbons (Fsp3) is 0.100. The second-order valence-electron chi connectivity index (χ2n) is 6.03. The Labute approximate surface area is 175 Å².